The minimum atomic E-state index is 0.392. The van der Waals surface area contributed by atoms with Crippen LogP contribution in [0.5, 0.6) is 0 Å². The maximum absolute atomic E-state index is 4.44. The average molecular weight is 348 g/mol. The molecule has 1 aliphatic carbocycles. The number of anilines is 1. The Kier molecular flexibility index (Phi) is 3.74. The van der Waals surface area contributed by atoms with E-state index in [0.29, 0.717) is 12.1 Å². The van der Waals surface area contributed by atoms with Crippen LogP contribution in [-0.4, -0.2) is 21.8 Å². The molecule has 2 atom stereocenters. The van der Waals surface area contributed by atoms with Crippen LogP contribution in [0.3, 0.4) is 0 Å². The van der Waals surface area contributed by atoms with E-state index in [9.17, 15) is 0 Å². The predicted molar refractivity (Wildman–Crippen MR) is 106 cm³/mol. The molecule has 127 valence electrons. The number of thioether (sulfide) groups is 1. The summed E-state index contributed by atoms with van der Waals surface area (Å²) in [6.07, 6.45) is 4.49. The Morgan fingerprint density at radius 1 is 1.08 bits per heavy atom. The lowest BCUT2D eigenvalue weighted by molar-refractivity contribution is 0.617. The first-order valence-corrected chi connectivity index (χ1v) is 10.1. The number of H-pyrrole nitrogens is 1. The van der Waals surface area contributed by atoms with Gasteiger partial charge in [-0.1, -0.05) is 24.3 Å². The zero-order chi connectivity index (χ0) is 16.8. The fourth-order valence-electron chi connectivity index (χ4n) is 3.88. The number of aromatic nitrogens is 2. The molecule has 2 aromatic carbocycles. The van der Waals surface area contributed by atoms with Gasteiger partial charge in [-0.3, -0.25) is 0 Å². The zero-order valence-corrected chi connectivity index (χ0v) is 15.2. The Labute approximate surface area is 152 Å². The largest absolute Gasteiger partial charge is 0.360 e. The third-order valence-electron chi connectivity index (χ3n) is 5.39. The van der Waals surface area contributed by atoms with Crippen molar-refractivity contribution in [3.8, 4) is 0 Å². The van der Waals surface area contributed by atoms with E-state index in [1.54, 1.807) is 6.33 Å². The third kappa shape index (κ3) is 2.82. The topological polar surface area (TPSA) is 31.9 Å². The van der Waals surface area contributed by atoms with Crippen molar-refractivity contribution in [1.29, 1.82) is 0 Å². The molecule has 25 heavy (non-hydrogen) atoms. The average Bonchev–Trinajstić information content (AvgIpc) is 3.39. The van der Waals surface area contributed by atoms with Crippen molar-refractivity contribution < 1.29 is 0 Å². The summed E-state index contributed by atoms with van der Waals surface area (Å²) < 4.78 is 0. The molecule has 0 bridgehead atoms. The highest BCUT2D eigenvalue weighted by Gasteiger charge is 2.31. The first kappa shape index (κ1) is 15.3. The molecule has 3 aromatic rings. The Morgan fingerprint density at radius 2 is 1.88 bits per heavy atom. The highest BCUT2D eigenvalue weighted by atomic mass is 32.2. The van der Waals surface area contributed by atoms with Crippen molar-refractivity contribution in [3.63, 3.8) is 0 Å². The van der Waals surface area contributed by atoms with Gasteiger partial charge in [0.05, 0.1) is 23.4 Å². The van der Waals surface area contributed by atoms with Crippen LogP contribution in [0.15, 0.2) is 48.8 Å². The number of nitrogens with one attached hydrogen (secondary N) is 1. The number of fused-ring (bicyclic) bond motifs is 1. The lowest BCUT2D eigenvalue weighted by Gasteiger charge is -2.42. The fourth-order valence-corrected chi connectivity index (χ4v) is 4.93. The summed E-state index contributed by atoms with van der Waals surface area (Å²) in [4.78, 5) is 10.2. The molecule has 1 N–H and O–H groups in total. The van der Waals surface area contributed by atoms with E-state index in [4.69, 9.17) is 0 Å². The standard InChI is InChI=1S/C21H22N3S/c1-14-11-25-12-21(17-6-4-16(5-7-17)15-2-3-15)24(14)18-8-9-19-20(10-18)23-13-22-19/h4-11,13-15,21H,2-3,12H2,1H3,(H,22,23). The molecule has 5 rings (SSSR count). The maximum atomic E-state index is 4.44. The number of benzene rings is 2. The van der Waals surface area contributed by atoms with Crippen LogP contribution in [0.4, 0.5) is 5.69 Å². The second kappa shape index (κ2) is 6.10. The quantitative estimate of drug-likeness (QED) is 0.698. The molecular weight excluding hydrogens is 326 g/mol. The number of aromatic amines is 1. The second-order valence-corrected chi connectivity index (χ2v) is 8.12. The highest BCUT2D eigenvalue weighted by Crippen LogP contribution is 2.42. The van der Waals surface area contributed by atoms with Gasteiger partial charge in [-0.15, -0.1) is 0 Å². The molecule has 1 radical (unpaired) electrons. The molecule has 2 heterocycles. The van der Waals surface area contributed by atoms with Crippen molar-refractivity contribution in [3.05, 3.63) is 65.7 Å². The molecule has 1 aliphatic heterocycles. The van der Waals surface area contributed by atoms with Gasteiger partial charge in [-0.05, 0) is 55.0 Å². The summed E-state index contributed by atoms with van der Waals surface area (Å²) in [7, 11) is 0. The smallest absolute Gasteiger partial charge is 0.0931 e. The van der Waals surface area contributed by atoms with E-state index in [2.05, 4.69) is 70.0 Å². The molecule has 1 saturated carbocycles. The molecule has 2 fully saturated rings. The third-order valence-corrected chi connectivity index (χ3v) is 6.49. The number of hydrogen-bond donors (Lipinski definition) is 1. The minimum Gasteiger partial charge on any atom is -0.360 e. The van der Waals surface area contributed by atoms with Crippen LogP contribution in [-0.2, 0) is 0 Å². The Hall–Kier alpha value is -1.94. The fraction of sp³-hybridized carbons (Fsp3) is 0.333. The summed E-state index contributed by atoms with van der Waals surface area (Å²) >= 11 is 1.94. The van der Waals surface area contributed by atoms with Gasteiger partial charge in [0.25, 0.3) is 0 Å². The number of imidazole rings is 1. The van der Waals surface area contributed by atoms with Crippen LogP contribution < -0.4 is 4.90 Å². The van der Waals surface area contributed by atoms with E-state index in [1.807, 2.05) is 11.8 Å². The first-order chi connectivity index (χ1) is 12.3. The van der Waals surface area contributed by atoms with Crippen LogP contribution in [0.25, 0.3) is 11.0 Å². The number of hydrogen-bond acceptors (Lipinski definition) is 3. The number of rotatable bonds is 3. The molecule has 0 spiro atoms. The van der Waals surface area contributed by atoms with Gasteiger partial charge < -0.3 is 9.88 Å². The van der Waals surface area contributed by atoms with E-state index < -0.39 is 0 Å². The molecule has 1 aromatic heterocycles. The van der Waals surface area contributed by atoms with Gasteiger partial charge in [0, 0.05) is 23.2 Å². The molecule has 0 amide bonds. The maximum Gasteiger partial charge on any atom is 0.0931 e. The van der Waals surface area contributed by atoms with Gasteiger partial charge in [0.1, 0.15) is 0 Å². The van der Waals surface area contributed by atoms with E-state index in [1.165, 1.54) is 29.7 Å². The Balaban J connectivity index is 1.51. The second-order valence-electron chi connectivity index (χ2n) is 7.18. The van der Waals surface area contributed by atoms with Crippen molar-refractivity contribution in [2.75, 3.05) is 10.7 Å². The van der Waals surface area contributed by atoms with Crippen LogP contribution in [0.1, 0.15) is 42.9 Å². The van der Waals surface area contributed by atoms with Gasteiger partial charge in [-0.25, -0.2) is 4.98 Å². The van der Waals surface area contributed by atoms with Crippen molar-refractivity contribution in [2.45, 2.75) is 37.8 Å². The zero-order valence-electron chi connectivity index (χ0n) is 14.4. The normalized spacial score (nSPS) is 24.0. The van der Waals surface area contributed by atoms with E-state index in [0.717, 1.165) is 22.7 Å². The van der Waals surface area contributed by atoms with Gasteiger partial charge in [0.15, 0.2) is 0 Å². The molecule has 1 saturated heterocycles. The SMILES string of the molecule is CC1[CH]SCC(c2ccc(C3CC3)cc2)N1c1ccc2[nH]cnc2c1. The minimum absolute atomic E-state index is 0.392. The van der Waals surface area contributed by atoms with Crippen molar-refractivity contribution in [1.82, 2.24) is 9.97 Å². The molecular formula is C21H22N3S. The van der Waals surface area contributed by atoms with Gasteiger partial charge in [-0.2, -0.15) is 11.8 Å². The molecule has 2 aliphatic rings. The van der Waals surface area contributed by atoms with Crippen molar-refractivity contribution >= 4 is 28.5 Å². The van der Waals surface area contributed by atoms with Gasteiger partial charge >= 0.3 is 0 Å². The highest BCUT2D eigenvalue weighted by molar-refractivity contribution is 8.01. The summed E-state index contributed by atoms with van der Waals surface area (Å²) in [6, 6.07) is 16.7. The summed E-state index contributed by atoms with van der Waals surface area (Å²) in [6.45, 7) is 2.28. The molecule has 2 unspecified atom stereocenters. The van der Waals surface area contributed by atoms with E-state index in [-0.39, 0.29) is 0 Å². The van der Waals surface area contributed by atoms with E-state index >= 15 is 0 Å². The van der Waals surface area contributed by atoms with Crippen LogP contribution in [0, 0.1) is 5.75 Å². The first-order valence-electron chi connectivity index (χ1n) is 9.06. The van der Waals surface area contributed by atoms with Crippen LogP contribution >= 0.6 is 11.8 Å². The Bertz CT molecular complexity index is 882. The lowest BCUT2D eigenvalue weighted by atomic mass is 10.0. The predicted octanol–water partition coefficient (Wildman–Crippen LogP) is 5.29. The lowest BCUT2D eigenvalue weighted by Crippen LogP contribution is -2.41. The molecule has 4 heteroatoms. The Morgan fingerprint density at radius 3 is 2.68 bits per heavy atom. The molecule has 3 nitrogen and oxygen atoms in total. The van der Waals surface area contributed by atoms with Crippen molar-refractivity contribution in [2.24, 2.45) is 0 Å². The summed E-state index contributed by atoms with van der Waals surface area (Å²) in [5, 5.41) is 0. The summed E-state index contributed by atoms with van der Waals surface area (Å²) in [5.74, 6) is 4.26. The summed E-state index contributed by atoms with van der Waals surface area (Å²) in [5.41, 5.74) is 6.30. The van der Waals surface area contributed by atoms with Crippen LogP contribution in [0.2, 0.25) is 0 Å². The number of nitrogens with zero attached hydrogens (tertiary/aromatic N) is 2. The van der Waals surface area contributed by atoms with Gasteiger partial charge in [0.2, 0.25) is 0 Å². The monoisotopic (exact) mass is 348 g/mol.